The molecule has 0 saturated carbocycles. The standard InChI is InChI=1S/2C21H36O10S.Ca/c2*1-2-3-4-5-6-7-8-9-10-11-18(23)29-14-21(13-22)15-30-19(24)12-17(32(26,27)28)20(25)31-16-21;/h2*17,22H,2-16H2,1H3,(H,26,27,28);/q;;+2/p-2. The van der Waals surface area contributed by atoms with E-state index in [4.69, 9.17) is 28.4 Å². The fourth-order valence-electron chi connectivity index (χ4n) is 6.42. The predicted octanol–water partition coefficient (Wildman–Crippen LogP) is 3.29. The summed E-state index contributed by atoms with van der Waals surface area (Å²) < 4.78 is 97.1. The van der Waals surface area contributed by atoms with Gasteiger partial charge in [-0.1, -0.05) is 117 Å². The van der Waals surface area contributed by atoms with Gasteiger partial charge in [0.1, 0.15) is 59.9 Å². The predicted molar refractivity (Wildman–Crippen MR) is 230 cm³/mol. The molecule has 2 aliphatic heterocycles. The molecule has 0 aromatic rings. The molecule has 0 aliphatic carbocycles. The number of aliphatic hydroxyl groups is 2. The Labute approximate surface area is 413 Å². The molecule has 0 bridgehead atoms. The van der Waals surface area contributed by atoms with Crippen LogP contribution in [0.5, 0.6) is 0 Å². The van der Waals surface area contributed by atoms with Crippen LogP contribution >= 0.6 is 0 Å². The third-order valence-corrected chi connectivity index (χ3v) is 12.9. The summed E-state index contributed by atoms with van der Waals surface area (Å²) in [6.07, 6.45) is 18.2. The zero-order valence-corrected chi connectivity index (χ0v) is 42.0. The van der Waals surface area contributed by atoms with E-state index >= 15 is 0 Å². The maximum atomic E-state index is 12.0. The van der Waals surface area contributed by atoms with Crippen molar-refractivity contribution in [1.29, 1.82) is 0 Å². The van der Waals surface area contributed by atoms with Gasteiger partial charge in [0.2, 0.25) is 0 Å². The van der Waals surface area contributed by atoms with Gasteiger partial charge in [-0.2, -0.15) is 0 Å². The van der Waals surface area contributed by atoms with E-state index in [2.05, 4.69) is 13.8 Å². The minimum Gasteiger partial charge on any atom is -0.747 e. The van der Waals surface area contributed by atoms with E-state index < -0.39 is 143 Å². The molecule has 2 fully saturated rings. The van der Waals surface area contributed by atoms with Crippen molar-refractivity contribution in [2.75, 3.05) is 52.9 Å². The number of carbonyl (C=O) groups is 6. The summed E-state index contributed by atoms with van der Waals surface area (Å²) in [5.41, 5.74) is -2.89. The third kappa shape index (κ3) is 27.4. The Bertz CT molecular complexity index is 1540. The van der Waals surface area contributed by atoms with Gasteiger partial charge in [-0.15, -0.1) is 0 Å². The van der Waals surface area contributed by atoms with Crippen molar-refractivity contribution < 1.29 is 93.3 Å². The number of ether oxygens (including phenoxy) is 6. The average Bonchev–Trinajstić information content (AvgIpc) is 3.35. The Morgan fingerprint density at radius 1 is 0.538 bits per heavy atom. The van der Waals surface area contributed by atoms with Gasteiger partial charge in [0.25, 0.3) is 0 Å². The summed E-state index contributed by atoms with van der Waals surface area (Å²) in [4.78, 5) is 71.6. The fraction of sp³-hybridized carbons (Fsp3) is 0.857. The number of carbonyl (C=O) groups excluding carboxylic acids is 6. The van der Waals surface area contributed by atoms with Gasteiger partial charge in [0, 0.05) is 12.8 Å². The number of unbranched alkanes of at least 4 members (excludes halogenated alkanes) is 16. The Morgan fingerprint density at radius 2 is 0.815 bits per heavy atom. The largest absolute Gasteiger partial charge is 2.00 e. The van der Waals surface area contributed by atoms with E-state index in [9.17, 15) is 64.9 Å². The summed E-state index contributed by atoms with van der Waals surface area (Å²) in [5.74, 6) is -6.02. The first-order valence-corrected chi connectivity index (χ1v) is 25.3. The second kappa shape index (κ2) is 34.2. The number of aliphatic hydroxyl groups excluding tert-OH is 2. The van der Waals surface area contributed by atoms with Crippen molar-refractivity contribution in [3.05, 3.63) is 0 Å². The van der Waals surface area contributed by atoms with Crippen LogP contribution in [0.1, 0.15) is 155 Å². The number of hydrogen-bond acceptors (Lipinski definition) is 20. The van der Waals surface area contributed by atoms with Crippen LogP contribution in [0.25, 0.3) is 0 Å². The monoisotopic (exact) mass is 998 g/mol. The molecular formula is C42H70CaO20S2. The molecule has 0 aromatic heterocycles. The minimum absolute atomic E-state index is 0. The van der Waals surface area contributed by atoms with Crippen LogP contribution in [-0.4, -0.2) is 173 Å². The van der Waals surface area contributed by atoms with Crippen LogP contribution in [0, 0.1) is 10.8 Å². The van der Waals surface area contributed by atoms with Gasteiger partial charge in [-0.25, -0.2) is 16.8 Å². The number of rotatable bonds is 28. The Kier molecular flexibility index (Phi) is 33.0. The molecule has 0 radical (unpaired) electrons. The van der Waals surface area contributed by atoms with Gasteiger partial charge < -0.3 is 47.7 Å². The molecule has 65 heavy (non-hydrogen) atoms. The van der Waals surface area contributed by atoms with Gasteiger partial charge in [0.05, 0.1) is 36.9 Å². The van der Waals surface area contributed by atoms with Crippen LogP contribution in [-0.2, 0) is 77.4 Å². The molecule has 4 atom stereocenters. The number of cyclic esters (lactones) is 4. The molecule has 2 rings (SSSR count). The molecule has 2 heterocycles. The first-order chi connectivity index (χ1) is 30.3. The SMILES string of the molecule is CCCCCCCCCCCC(=O)OCC1(CO)COC(=O)CC(S(=O)(=O)[O-])C(=O)OC1.CCCCCCCCCCCC(=O)OCC1(CO)COC(=O)CC(S(=O)(=O)[O-])C(=O)OC1.[Ca+2]. The van der Waals surface area contributed by atoms with Gasteiger partial charge in [0.15, 0.2) is 10.5 Å². The van der Waals surface area contributed by atoms with E-state index in [1.807, 2.05) is 0 Å². The summed E-state index contributed by atoms with van der Waals surface area (Å²) in [6, 6.07) is 0. The van der Waals surface area contributed by atoms with Crippen molar-refractivity contribution in [2.45, 2.75) is 166 Å². The van der Waals surface area contributed by atoms with Gasteiger partial charge >= 0.3 is 73.6 Å². The summed E-state index contributed by atoms with van der Waals surface area (Å²) >= 11 is 0. The molecule has 20 nitrogen and oxygen atoms in total. The van der Waals surface area contributed by atoms with Crippen molar-refractivity contribution in [1.82, 2.24) is 0 Å². The molecule has 0 amide bonds. The molecule has 2 saturated heterocycles. The summed E-state index contributed by atoms with van der Waals surface area (Å²) in [5, 5.41) is 15.1. The molecular weight excluding hydrogens is 929 g/mol. The van der Waals surface area contributed by atoms with Crippen LogP contribution < -0.4 is 0 Å². The molecule has 0 aromatic carbocycles. The maximum absolute atomic E-state index is 12.0. The minimum atomic E-state index is -5.13. The smallest absolute Gasteiger partial charge is 0.747 e. The zero-order valence-electron chi connectivity index (χ0n) is 38.1. The van der Waals surface area contributed by atoms with Gasteiger partial charge in [-0.3, -0.25) is 28.8 Å². The van der Waals surface area contributed by atoms with Gasteiger partial charge in [-0.05, 0) is 12.8 Å². The third-order valence-electron chi connectivity index (χ3n) is 10.8. The van der Waals surface area contributed by atoms with Crippen LogP contribution in [0.15, 0.2) is 0 Å². The summed E-state index contributed by atoms with van der Waals surface area (Å²) in [6.45, 7) is 0.163. The van der Waals surface area contributed by atoms with Crippen LogP contribution in [0.4, 0.5) is 0 Å². The van der Waals surface area contributed by atoms with Crippen LogP contribution in [0.2, 0.25) is 0 Å². The number of hydrogen-bond donors (Lipinski definition) is 2. The van der Waals surface area contributed by atoms with Crippen molar-refractivity contribution in [2.24, 2.45) is 10.8 Å². The average molecular weight is 999 g/mol. The van der Waals surface area contributed by atoms with Crippen molar-refractivity contribution in [3.63, 3.8) is 0 Å². The molecule has 372 valence electrons. The van der Waals surface area contributed by atoms with Crippen LogP contribution in [0.3, 0.4) is 0 Å². The molecule has 2 N–H and O–H groups in total. The second-order valence-corrected chi connectivity index (χ2v) is 19.8. The first kappa shape index (κ1) is 62.8. The molecule has 2 aliphatic rings. The van der Waals surface area contributed by atoms with E-state index in [0.717, 1.165) is 38.5 Å². The van der Waals surface area contributed by atoms with E-state index in [0.29, 0.717) is 12.8 Å². The molecule has 23 heteroatoms. The fourth-order valence-corrected chi connectivity index (χ4v) is 7.71. The first-order valence-electron chi connectivity index (χ1n) is 22.3. The van der Waals surface area contributed by atoms with E-state index in [1.54, 1.807) is 0 Å². The number of esters is 6. The molecule has 0 spiro atoms. The zero-order chi connectivity index (χ0) is 48.1. The Balaban J connectivity index is 0.00000124. The quantitative estimate of drug-likeness (QED) is 0.0373. The maximum Gasteiger partial charge on any atom is 2.00 e. The topological polar surface area (TPSA) is 313 Å². The summed E-state index contributed by atoms with van der Waals surface area (Å²) in [7, 11) is -10.3. The van der Waals surface area contributed by atoms with E-state index in [-0.39, 0.29) is 50.6 Å². The van der Waals surface area contributed by atoms with Crippen molar-refractivity contribution >= 4 is 93.8 Å². The van der Waals surface area contributed by atoms with E-state index in [1.165, 1.54) is 64.2 Å². The molecule has 4 unspecified atom stereocenters. The normalized spacial score (nSPS) is 21.9. The Morgan fingerprint density at radius 3 is 1.09 bits per heavy atom. The second-order valence-electron chi connectivity index (χ2n) is 16.7. The van der Waals surface area contributed by atoms with Crippen molar-refractivity contribution in [3.8, 4) is 0 Å². The Hall–Kier alpha value is -2.18.